The molecule has 8 rings (SSSR count). The molecule has 0 fully saturated rings. The van der Waals surface area contributed by atoms with Crippen LogP contribution >= 0.6 is 0 Å². The molecular formula is C40H33BN4. The lowest BCUT2D eigenvalue weighted by Gasteiger charge is -2.29. The predicted octanol–water partition coefficient (Wildman–Crippen LogP) is 8.20. The molecule has 7 aromatic rings. The SMILES string of the molecule is CC(C)(C)c1cc(C#N)c2c(c1)c1cc(C(C)(C)C)cc(C#N)c1n2B1c2ccccc2-n2c3ccccc3c3cccc1c32. The van der Waals surface area contributed by atoms with Crippen LogP contribution in [0.2, 0.25) is 0 Å². The van der Waals surface area contributed by atoms with E-state index in [0.29, 0.717) is 11.1 Å². The molecule has 2 aromatic heterocycles. The van der Waals surface area contributed by atoms with Gasteiger partial charge in [-0.3, -0.25) is 0 Å². The summed E-state index contributed by atoms with van der Waals surface area (Å²) in [7, 11) is 0. The van der Waals surface area contributed by atoms with Crippen molar-refractivity contribution in [2.24, 2.45) is 0 Å². The Morgan fingerprint density at radius 3 is 1.69 bits per heavy atom. The fraction of sp³-hybridized carbons (Fsp3) is 0.200. The molecule has 1 aliphatic heterocycles. The van der Waals surface area contributed by atoms with E-state index in [1.54, 1.807) is 0 Å². The third kappa shape index (κ3) is 3.71. The summed E-state index contributed by atoms with van der Waals surface area (Å²) in [6.07, 6.45) is 0. The molecule has 1 aliphatic rings. The van der Waals surface area contributed by atoms with Crippen LogP contribution in [0.5, 0.6) is 0 Å². The number of fused-ring (bicyclic) bond motifs is 8. The fourth-order valence-corrected chi connectivity index (χ4v) is 7.49. The molecule has 0 N–H and O–H groups in total. The molecule has 5 heteroatoms. The number of rotatable bonds is 1. The maximum Gasteiger partial charge on any atom is 0.332 e. The van der Waals surface area contributed by atoms with Gasteiger partial charge in [0.15, 0.2) is 0 Å². The van der Waals surface area contributed by atoms with Gasteiger partial charge in [-0.05, 0) is 69.3 Å². The van der Waals surface area contributed by atoms with E-state index >= 15 is 0 Å². The molecule has 0 aliphatic carbocycles. The van der Waals surface area contributed by atoms with Gasteiger partial charge in [-0.1, -0.05) is 96.1 Å². The third-order valence-electron chi connectivity index (χ3n) is 9.72. The van der Waals surface area contributed by atoms with Crippen LogP contribution in [0.3, 0.4) is 0 Å². The van der Waals surface area contributed by atoms with Crippen LogP contribution in [0, 0.1) is 22.7 Å². The first-order valence-electron chi connectivity index (χ1n) is 15.6. The zero-order valence-electron chi connectivity index (χ0n) is 26.5. The van der Waals surface area contributed by atoms with Gasteiger partial charge in [0.2, 0.25) is 0 Å². The average molecular weight is 581 g/mol. The summed E-state index contributed by atoms with van der Waals surface area (Å²) in [4.78, 5) is 0. The van der Waals surface area contributed by atoms with Crippen molar-refractivity contribution in [2.45, 2.75) is 52.4 Å². The second kappa shape index (κ2) is 9.13. The largest absolute Gasteiger partial charge is 0.374 e. The molecule has 0 saturated carbocycles. The Labute approximate surface area is 263 Å². The number of aromatic nitrogens is 2. The normalized spacial score (nSPS) is 13.0. The summed E-state index contributed by atoms with van der Waals surface area (Å²) in [5.41, 5.74) is 10.7. The van der Waals surface area contributed by atoms with E-state index in [2.05, 4.69) is 154 Å². The molecule has 0 saturated heterocycles. The quantitative estimate of drug-likeness (QED) is 0.184. The molecule has 3 heterocycles. The standard InChI is InChI=1S/C40H33BN4/c1-39(2,3)26-18-24(22-42)36-30(20-26)31-21-27(40(4,5)6)19-25(23-43)37(31)45(36)41-32-14-8-10-17-35(32)44-34-16-9-7-12-28(34)29-13-11-15-33(41)38(29)44/h7-21H,1-6H3. The Morgan fingerprint density at radius 1 is 0.556 bits per heavy atom. The molecule has 0 bridgehead atoms. The van der Waals surface area contributed by atoms with E-state index in [1.165, 1.54) is 21.8 Å². The van der Waals surface area contributed by atoms with Crippen molar-refractivity contribution in [1.82, 2.24) is 9.05 Å². The monoisotopic (exact) mass is 580 g/mol. The molecule has 45 heavy (non-hydrogen) atoms. The third-order valence-corrected chi connectivity index (χ3v) is 9.72. The van der Waals surface area contributed by atoms with Crippen LogP contribution in [-0.2, 0) is 10.8 Å². The maximum absolute atomic E-state index is 10.8. The number of nitrogens with zero attached hydrogens (tertiary/aromatic N) is 4. The lowest BCUT2D eigenvalue weighted by atomic mass is 9.48. The van der Waals surface area contributed by atoms with Crippen molar-refractivity contribution >= 4 is 61.4 Å². The zero-order chi connectivity index (χ0) is 31.4. The van der Waals surface area contributed by atoms with Crippen molar-refractivity contribution in [2.75, 3.05) is 0 Å². The fourth-order valence-electron chi connectivity index (χ4n) is 7.49. The van der Waals surface area contributed by atoms with Gasteiger partial charge >= 0.3 is 6.85 Å². The second-order valence-electron chi connectivity index (χ2n) is 14.5. The molecule has 5 aromatic carbocycles. The average Bonchev–Trinajstić information content (AvgIpc) is 3.54. The summed E-state index contributed by atoms with van der Waals surface area (Å²) >= 11 is 0. The summed E-state index contributed by atoms with van der Waals surface area (Å²) in [5, 5.41) is 26.0. The smallest absolute Gasteiger partial charge is 0.332 e. The first kappa shape index (κ1) is 27.3. The number of benzene rings is 5. The Hall–Kier alpha value is -5.26. The second-order valence-corrected chi connectivity index (χ2v) is 14.5. The van der Waals surface area contributed by atoms with Gasteiger partial charge in [0, 0.05) is 27.2 Å². The van der Waals surface area contributed by atoms with E-state index < -0.39 is 0 Å². The number of hydrogen-bond acceptors (Lipinski definition) is 2. The molecule has 0 unspecified atom stereocenters. The molecule has 0 atom stereocenters. The van der Waals surface area contributed by atoms with Gasteiger partial charge < -0.3 is 9.05 Å². The van der Waals surface area contributed by atoms with Crippen LogP contribution in [-0.4, -0.2) is 15.9 Å². The summed E-state index contributed by atoms with van der Waals surface area (Å²) in [6, 6.07) is 37.6. The van der Waals surface area contributed by atoms with Crippen molar-refractivity contribution in [1.29, 1.82) is 10.5 Å². The highest BCUT2D eigenvalue weighted by atomic mass is 15.0. The summed E-state index contributed by atoms with van der Waals surface area (Å²) in [5.74, 6) is 0. The van der Waals surface area contributed by atoms with Gasteiger partial charge in [0.1, 0.15) is 12.1 Å². The van der Waals surface area contributed by atoms with E-state index in [0.717, 1.165) is 49.5 Å². The van der Waals surface area contributed by atoms with Gasteiger partial charge in [-0.2, -0.15) is 10.5 Å². The highest BCUT2D eigenvalue weighted by molar-refractivity contribution is 6.88. The minimum absolute atomic E-state index is 0.155. The maximum atomic E-state index is 10.8. The lowest BCUT2D eigenvalue weighted by Crippen LogP contribution is -2.53. The topological polar surface area (TPSA) is 57.4 Å². The number of para-hydroxylation sites is 3. The van der Waals surface area contributed by atoms with Crippen LogP contribution < -0.4 is 10.9 Å². The Kier molecular flexibility index (Phi) is 5.54. The number of hydrogen-bond donors (Lipinski definition) is 0. The molecule has 0 amide bonds. The molecular weight excluding hydrogens is 547 g/mol. The van der Waals surface area contributed by atoms with E-state index in [1.807, 2.05) is 0 Å². The minimum Gasteiger partial charge on any atom is -0.374 e. The lowest BCUT2D eigenvalue weighted by molar-refractivity contribution is 0.590. The van der Waals surface area contributed by atoms with E-state index in [4.69, 9.17) is 0 Å². The molecule has 0 radical (unpaired) electrons. The van der Waals surface area contributed by atoms with Gasteiger partial charge in [0.05, 0.1) is 33.2 Å². The van der Waals surface area contributed by atoms with Crippen molar-refractivity contribution < 1.29 is 0 Å². The van der Waals surface area contributed by atoms with Crippen molar-refractivity contribution in [3.05, 3.63) is 113 Å². The van der Waals surface area contributed by atoms with Crippen molar-refractivity contribution in [3.63, 3.8) is 0 Å². The Bertz CT molecular complexity index is 2390. The zero-order valence-corrected chi connectivity index (χ0v) is 26.5. The molecule has 4 nitrogen and oxygen atoms in total. The Balaban J connectivity index is 1.62. The highest BCUT2D eigenvalue weighted by Crippen LogP contribution is 2.41. The number of nitriles is 2. The van der Waals surface area contributed by atoms with Crippen LogP contribution in [0.4, 0.5) is 0 Å². The van der Waals surface area contributed by atoms with Crippen LogP contribution in [0.25, 0.3) is 49.3 Å². The molecule has 216 valence electrons. The van der Waals surface area contributed by atoms with Crippen LogP contribution in [0.1, 0.15) is 63.8 Å². The summed E-state index contributed by atoms with van der Waals surface area (Å²) < 4.78 is 4.71. The predicted molar refractivity (Wildman–Crippen MR) is 187 cm³/mol. The van der Waals surface area contributed by atoms with Gasteiger partial charge in [0.25, 0.3) is 0 Å². The highest BCUT2D eigenvalue weighted by Gasteiger charge is 2.37. The summed E-state index contributed by atoms with van der Waals surface area (Å²) in [6.45, 7) is 12.9. The van der Waals surface area contributed by atoms with Crippen LogP contribution in [0.15, 0.2) is 91.0 Å². The first-order chi connectivity index (χ1) is 21.5. The van der Waals surface area contributed by atoms with E-state index in [-0.39, 0.29) is 17.7 Å². The van der Waals surface area contributed by atoms with Gasteiger partial charge in [-0.15, -0.1) is 0 Å². The Morgan fingerprint density at radius 2 is 1.09 bits per heavy atom. The molecule has 0 spiro atoms. The van der Waals surface area contributed by atoms with Crippen molar-refractivity contribution in [3.8, 4) is 17.8 Å². The first-order valence-corrected chi connectivity index (χ1v) is 15.6. The van der Waals surface area contributed by atoms with Gasteiger partial charge in [-0.25, -0.2) is 0 Å². The minimum atomic E-state index is -0.248. The van der Waals surface area contributed by atoms with E-state index in [9.17, 15) is 10.5 Å².